The summed E-state index contributed by atoms with van der Waals surface area (Å²) in [6, 6.07) is 30.9. The highest BCUT2D eigenvalue weighted by Crippen LogP contribution is 2.57. The first-order chi connectivity index (χ1) is 66.9. The predicted molar refractivity (Wildman–Crippen MR) is 531 cm³/mol. The van der Waals surface area contributed by atoms with Crippen molar-refractivity contribution >= 4 is 95.7 Å². The van der Waals surface area contributed by atoms with Gasteiger partial charge in [-0.25, -0.2) is 34.9 Å². The van der Waals surface area contributed by atoms with Crippen LogP contribution in [0.15, 0.2) is 140 Å². The summed E-state index contributed by atoms with van der Waals surface area (Å²) in [4.78, 5) is 116. The molecule has 8 aliphatic carbocycles. The zero-order chi connectivity index (χ0) is 97.9. The summed E-state index contributed by atoms with van der Waals surface area (Å²) in [5.74, 6) is 12.2. The van der Waals surface area contributed by atoms with E-state index in [-0.39, 0.29) is 98.1 Å². The zero-order valence-corrected chi connectivity index (χ0v) is 83.1. The number of alkyl halides is 3. The second-order valence-corrected chi connectivity index (χ2v) is 46.0. The molecule has 12 aromatic rings. The second kappa shape index (κ2) is 36.3. The van der Waals surface area contributed by atoms with Gasteiger partial charge in [0.05, 0.1) is 79.4 Å². The average molecular weight is 1920 g/mol. The van der Waals surface area contributed by atoms with Crippen LogP contribution in [0.3, 0.4) is 0 Å². The number of nitrogens with one attached hydrogen (secondary N) is 8. The summed E-state index contributed by atoms with van der Waals surface area (Å²) < 4.78 is 46.0. The molecular weight excluding hydrogens is 1790 g/mol. The Morgan fingerprint density at radius 2 is 0.764 bits per heavy atom. The third kappa shape index (κ3) is 18.0. The maximum absolute atomic E-state index is 13.2. The summed E-state index contributed by atoms with van der Waals surface area (Å²) >= 11 is 6.22. The number of carbonyl (C=O) groups is 6. The molecule has 140 heavy (non-hydrogen) atoms. The smallest absolute Gasteiger partial charge is 0.343 e. The van der Waals surface area contributed by atoms with Crippen LogP contribution in [0, 0.1) is 141 Å². The predicted octanol–water partition coefficient (Wildman–Crippen LogP) is 14.4. The SMILES string of the molecule is CC(C)(CC(=O)C1[C@H]2CNC[C@@H]12)c1nc(C(F)(F)F)nc2ccccc12.CC(C)(CC(=O)C1[C@H]2CNC[C@@H]12)c1ncc2c(Cl)cccn12.Cc1cc2c(C)nccc2c(C(C)(C)CC(=O)C2[C@H]3CNC[C@@H]23)n1.Cc1cccn2c(C3(NC(=O)C4[C@H]5CNC[C@@H]45)CC3)ncc12.Cc1cccn2c(C3(NC(=O)C4[C@H]5CNC[C@@H]45)CCC3)ncc12.Cc1nc(C(C)(C)CC(=O)C2[C@H]3CNC[C@@H]23)c2ccccc2n1. The number of halogens is 4. The minimum Gasteiger partial charge on any atom is -0.343 e. The van der Waals surface area contributed by atoms with Crippen LogP contribution in [0.2, 0.25) is 5.02 Å². The number of nitrogens with zero attached hydrogens (tertiary/aromatic N) is 12. The number of piperidine rings is 6. The van der Waals surface area contributed by atoms with Crippen LogP contribution in [-0.2, 0) is 67.7 Å². The molecule has 8 saturated carbocycles. The van der Waals surface area contributed by atoms with E-state index in [4.69, 9.17) is 26.6 Å². The van der Waals surface area contributed by atoms with Crippen LogP contribution < -0.4 is 42.5 Å². The van der Waals surface area contributed by atoms with E-state index >= 15 is 0 Å². The molecule has 734 valence electrons. The van der Waals surface area contributed by atoms with E-state index in [1.807, 2.05) is 98.6 Å². The van der Waals surface area contributed by atoms with Crippen molar-refractivity contribution in [3.05, 3.63) is 214 Å². The van der Waals surface area contributed by atoms with Crippen molar-refractivity contribution in [3.63, 3.8) is 0 Å². The zero-order valence-electron chi connectivity index (χ0n) is 82.3. The van der Waals surface area contributed by atoms with Gasteiger partial charge in [-0.2, -0.15) is 13.2 Å². The quantitative estimate of drug-likeness (QED) is 0.0312. The van der Waals surface area contributed by atoms with Crippen molar-refractivity contribution in [1.29, 1.82) is 0 Å². The van der Waals surface area contributed by atoms with Crippen molar-refractivity contribution in [2.75, 3.05) is 78.5 Å². The fourth-order valence-electron chi connectivity index (χ4n) is 25.8. The van der Waals surface area contributed by atoms with Crippen molar-refractivity contribution in [3.8, 4) is 0 Å². The number of para-hydroxylation sites is 2. The van der Waals surface area contributed by atoms with E-state index in [0.717, 1.165) is 195 Å². The number of imidazole rings is 3. The topological polar surface area (TPSA) is 328 Å². The van der Waals surface area contributed by atoms with E-state index in [2.05, 4.69) is 173 Å². The van der Waals surface area contributed by atoms with E-state index in [9.17, 15) is 41.9 Å². The minimum atomic E-state index is -4.63. The number of ketones is 4. The number of amides is 2. The number of benzene rings is 2. The van der Waals surface area contributed by atoms with Crippen molar-refractivity contribution in [1.82, 2.24) is 101 Å². The second-order valence-electron chi connectivity index (χ2n) is 45.6. The van der Waals surface area contributed by atoms with E-state index in [1.165, 1.54) is 11.1 Å². The Bertz CT molecular complexity index is 6740. The number of hydrogen-bond acceptors (Lipinski definition) is 21. The lowest BCUT2D eigenvalue weighted by atomic mass is 9.75. The summed E-state index contributed by atoms with van der Waals surface area (Å²) in [6.07, 6.45) is 15.9. The molecule has 0 bridgehead atoms. The van der Waals surface area contributed by atoms with Crippen molar-refractivity contribution < 1.29 is 41.9 Å². The van der Waals surface area contributed by atoms with Gasteiger partial charge in [-0.15, -0.1) is 0 Å². The average Bonchev–Trinajstić information content (AvgIpc) is 1.55. The maximum Gasteiger partial charge on any atom is 0.451 e. The van der Waals surface area contributed by atoms with Crippen molar-refractivity contribution in [2.24, 2.45) is 107 Å². The molecular formula is C110H130ClF3N20O6. The number of hydrogen-bond donors (Lipinski definition) is 8. The Balaban J connectivity index is 0.0000000998. The minimum absolute atomic E-state index is 0.0470. The van der Waals surface area contributed by atoms with Crippen LogP contribution in [0.5, 0.6) is 0 Å². The Hall–Kier alpha value is -10.8. The first-order valence-corrected chi connectivity index (χ1v) is 51.1. The number of aryl methyl sites for hydroxylation is 5. The molecule has 26 rings (SSSR count). The summed E-state index contributed by atoms with van der Waals surface area (Å²) in [5, 5.41) is 31.3. The largest absolute Gasteiger partial charge is 0.451 e. The lowest BCUT2D eigenvalue weighted by molar-refractivity contribution is -0.145. The van der Waals surface area contributed by atoms with E-state index in [0.29, 0.717) is 118 Å². The highest BCUT2D eigenvalue weighted by Gasteiger charge is 2.64. The molecule has 16 heterocycles. The lowest BCUT2D eigenvalue weighted by Gasteiger charge is -2.41. The third-order valence-corrected chi connectivity index (χ3v) is 34.2. The van der Waals surface area contributed by atoms with Gasteiger partial charge in [-0.05, 0) is 276 Å². The molecule has 0 spiro atoms. The molecule has 2 amide bonds. The highest BCUT2D eigenvalue weighted by atomic mass is 35.5. The van der Waals surface area contributed by atoms with Gasteiger partial charge in [0.15, 0.2) is 0 Å². The number of Topliss-reactive ketones (excluding diaryl/α,β-unsaturated/α-hetero) is 4. The van der Waals surface area contributed by atoms with Crippen LogP contribution in [0.25, 0.3) is 49.1 Å². The lowest BCUT2D eigenvalue weighted by Crippen LogP contribution is -2.53. The van der Waals surface area contributed by atoms with E-state index < -0.39 is 17.4 Å². The van der Waals surface area contributed by atoms with Gasteiger partial charge in [-0.1, -0.05) is 116 Å². The molecule has 14 aliphatic rings. The summed E-state index contributed by atoms with van der Waals surface area (Å²) in [7, 11) is 0. The van der Waals surface area contributed by atoms with Gasteiger partial charge >= 0.3 is 6.18 Å². The van der Waals surface area contributed by atoms with Crippen LogP contribution in [0.1, 0.15) is 182 Å². The molecule has 6 aliphatic heterocycles. The van der Waals surface area contributed by atoms with Crippen LogP contribution in [0.4, 0.5) is 13.2 Å². The molecule has 0 radical (unpaired) electrons. The summed E-state index contributed by atoms with van der Waals surface area (Å²) in [6.45, 7) is 38.3. The number of fused-ring (bicyclic) bond motifs is 12. The van der Waals surface area contributed by atoms with Gasteiger partial charge in [0, 0.05) is 141 Å². The molecule has 14 fully saturated rings. The van der Waals surface area contributed by atoms with E-state index in [1.54, 1.807) is 44.3 Å². The maximum atomic E-state index is 13.2. The van der Waals surface area contributed by atoms with Crippen molar-refractivity contribution in [2.45, 2.75) is 187 Å². The van der Waals surface area contributed by atoms with Crippen LogP contribution in [-0.4, -0.2) is 172 Å². The molecule has 8 N–H and O–H groups in total. The standard InChI is InChI=1S/C20H25N3O.C19H20F3N3O.C19H23N3O.C18H22N4O.C17H20ClN3O.C17H20N4O/c1-11-7-14-12(2)22-6-5-13(14)19(23-11)20(3,4)8-17(24)18-15-9-21-10-16(15)18;1-18(2,7-14(26)15-11-8-23-9-12(11)15)16-10-5-3-4-6-13(10)24-17(25-16)19(20,21)22;1-11-21-15-7-5-4-6-12(15)18(22-11)19(2,3)8-16(23)17-13-9-20-10-14(13)17;1-11-4-2-7-22-14(11)10-20-17(22)18(5-3-6-18)21-16(23)15-12-8-19-9-13(12)15;1-17(2,6-14(22)15-10-7-19-8-11(10)15)16-20-9-13-12(18)4-3-5-21(13)16;1-10-3-2-6-21-13(10)9-19-16(21)17(4-5-17)20-15(22)14-11-7-18-8-12(11)14/h5-7,15-16,18,21H,8-10H2,1-4H3;3-6,11-12,15,23H,7-9H2,1-2H3;4-7,13-14,17,20H,8-10H2,1-3H3;2,4,7,10,12-13,15,19H,3,5-6,8-9H2,1H3,(H,21,23);3-5,9-11,15,19H,6-8H2,1-2H3;2-3,6,9,11-12,14,18H,4-5,7-8H2,1H3,(H,20,22)/t15-,16+,18?;11-,12+,15?;13-,14+,17?;12-,13+,15?;10-,11+,15?;11-,12+,14?. The van der Waals surface area contributed by atoms with Gasteiger partial charge in [-0.3, -0.25) is 38.7 Å². The molecule has 10 aromatic heterocycles. The Labute approximate surface area is 819 Å². The van der Waals surface area contributed by atoms with Gasteiger partial charge in [0.1, 0.15) is 46.4 Å². The molecule has 26 nitrogen and oxygen atoms in total. The fraction of sp³-hybridized carbons (Fsp3) is 0.536. The number of rotatable bonds is 22. The highest BCUT2D eigenvalue weighted by molar-refractivity contribution is 6.33. The first kappa shape index (κ1) is 95.4. The van der Waals surface area contributed by atoms with Gasteiger partial charge in [0.25, 0.3) is 0 Å². The van der Waals surface area contributed by atoms with Gasteiger partial charge in [0.2, 0.25) is 17.6 Å². The summed E-state index contributed by atoms with van der Waals surface area (Å²) in [5.41, 5.74) is 8.99. The molecule has 2 aromatic carbocycles. The number of aromatic nitrogens is 12. The monoisotopic (exact) mass is 1920 g/mol. The molecule has 6 saturated heterocycles. The van der Waals surface area contributed by atoms with Crippen LogP contribution >= 0.6 is 11.6 Å². The Morgan fingerprint density at radius 3 is 1.18 bits per heavy atom. The Morgan fingerprint density at radius 1 is 0.393 bits per heavy atom. The fourth-order valence-corrected chi connectivity index (χ4v) is 26.0. The third-order valence-electron chi connectivity index (χ3n) is 33.9. The molecule has 30 heteroatoms. The van der Waals surface area contributed by atoms with Gasteiger partial charge < -0.3 is 55.7 Å². The molecule has 6 unspecified atom stereocenters. The Kier molecular flexibility index (Phi) is 24.7. The number of carbonyl (C=O) groups excluding carboxylic acids is 6. The molecule has 18 atom stereocenters. The first-order valence-electron chi connectivity index (χ1n) is 50.7. The number of pyridine rings is 5. The normalized spacial score (nSPS) is 27.6.